The van der Waals surface area contributed by atoms with Crippen molar-refractivity contribution in [3.8, 4) is 0 Å². The third-order valence-electron chi connectivity index (χ3n) is 3.38. The second-order valence-electron chi connectivity index (χ2n) is 4.80. The van der Waals surface area contributed by atoms with E-state index in [9.17, 15) is 13.2 Å². The molecule has 0 unspecified atom stereocenters. The Morgan fingerprint density at radius 2 is 1.85 bits per heavy atom. The molecule has 0 aliphatic carbocycles. The zero-order valence-corrected chi connectivity index (χ0v) is 12.2. The second-order valence-corrected chi connectivity index (χ2v) is 6.51. The molecule has 110 valence electrons. The van der Waals surface area contributed by atoms with Gasteiger partial charge >= 0.3 is 10.2 Å². The fourth-order valence-corrected chi connectivity index (χ4v) is 3.12. The van der Waals surface area contributed by atoms with Crippen molar-refractivity contribution in [2.75, 3.05) is 24.9 Å². The summed E-state index contributed by atoms with van der Waals surface area (Å²) in [7, 11) is -2.55. The number of carbonyl (C=O) groups is 1. The van der Waals surface area contributed by atoms with Gasteiger partial charge in [0.25, 0.3) is 0 Å². The highest BCUT2D eigenvalue weighted by Crippen LogP contribution is 2.17. The molecule has 0 bridgehead atoms. The largest absolute Gasteiger partial charge is 0.325 e. The summed E-state index contributed by atoms with van der Waals surface area (Å²) < 4.78 is 27.5. The van der Waals surface area contributed by atoms with E-state index in [0.29, 0.717) is 18.5 Å². The number of hydrogen-bond acceptors (Lipinski definition) is 4. The second kappa shape index (κ2) is 6.23. The number of piperidine rings is 1. The molecule has 1 amide bonds. The molecule has 0 saturated carbocycles. The van der Waals surface area contributed by atoms with Gasteiger partial charge in [0.1, 0.15) is 0 Å². The number of carbonyl (C=O) groups excluding carboxylic acids is 1. The van der Waals surface area contributed by atoms with Crippen LogP contribution in [0.3, 0.4) is 0 Å². The van der Waals surface area contributed by atoms with Gasteiger partial charge in [0.15, 0.2) is 0 Å². The van der Waals surface area contributed by atoms with Crippen LogP contribution in [0.4, 0.5) is 5.69 Å². The predicted octanol–water partition coefficient (Wildman–Crippen LogP) is 0.801. The maximum absolute atomic E-state index is 12.2. The standard InChI is InChI=1S/C13H19N3O3S/c1-16(13(17)11-7-9-14-10-8-11)20(18,19)15-12-5-3-2-4-6-12/h2-6,11,14-15H,7-10H2,1H3. The van der Waals surface area contributed by atoms with Crippen molar-refractivity contribution in [3.63, 3.8) is 0 Å². The van der Waals surface area contributed by atoms with Gasteiger partial charge in [-0.15, -0.1) is 0 Å². The Balaban J connectivity index is 2.06. The predicted molar refractivity (Wildman–Crippen MR) is 77.3 cm³/mol. The average Bonchev–Trinajstić information content (AvgIpc) is 2.47. The number of amides is 1. The first-order chi connectivity index (χ1) is 9.50. The molecule has 2 rings (SSSR count). The molecule has 2 N–H and O–H groups in total. The Morgan fingerprint density at radius 3 is 2.45 bits per heavy atom. The molecule has 1 heterocycles. The van der Waals surface area contributed by atoms with E-state index < -0.39 is 10.2 Å². The average molecular weight is 297 g/mol. The molecule has 1 aliphatic heterocycles. The first-order valence-electron chi connectivity index (χ1n) is 6.57. The molecular weight excluding hydrogens is 278 g/mol. The van der Waals surface area contributed by atoms with Crippen molar-refractivity contribution in [1.29, 1.82) is 0 Å². The van der Waals surface area contributed by atoms with Crippen molar-refractivity contribution in [2.24, 2.45) is 5.92 Å². The normalized spacial score (nSPS) is 16.6. The molecule has 7 heteroatoms. The van der Waals surface area contributed by atoms with Crippen LogP contribution in [0.2, 0.25) is 0 Å². The fraction of sp³-hybridized carbons (Fsp3) is 0.462. The van der Waals surface area contributed by atoms with Gasteiger partial charge in [-0.3, -0.25) is 9.52 Å². The van der Waals surface area contributed by atoms with Crippen molar-refractivity contribution in [2.45, 2.75) is 12.8 Å². The molecule has 0 spiro atoms. The van der Waals surface area contributed by atoms with Crippen LogP contribution >= 0.6 is 0 Å². The number of nitrogens with zero attached hydrogens (tertiary/aromatic N) is 1. The smallest absolute Gasteiger partial charge is 0.317 e. The van der Waals surface area contributed by atoms with Crippen LogP contribution < -0.4 is 10.0 Å². The van der Waals surface area contributed by atoms with Gasteiger partial charge in [0.05, 0.1) is 5.69 Å². The summed E-state index contributed by atoms with van der Waals surface area (Å²) in [4.78, 5) is 12.2. The van der Waals surface area contributed by atoms with Gasteiger partial charge in [0.2, 0.25) is 5.91 Å². The minimum absolute atomic E-state index is 0.228. The molecule has 0 atom stereocenters. The highest BCUT2D eigenvalue weighted by atomic mass is 32.2. The molecule has 0 radical (unpaired) electrons. The molecule has 1 fully saturated rings. The quantitative estimate of drug-likeness (QED) is 0.862. The summed E-state index contributed by atoms with van der Waals surface area (Å²) in [5.74, 6) is -0.580. The number of benzene rings is 1. The van der Waals surface area contributed by atoms with Gasteiger partial charge in [-0.1, -0.05) is 18.2 Å². The van der Waals surface area contributed by atoms with Crippen molar-refractivity contribution >= 4 is 21.8 Å². The van der Waals surface area contributed by atoms with E-state index in [2.05, 4.69) is 10.0 Å². The first kappa shape index (κ1) is 14.8. The van der Waals surface area contributed by atoms with Crippen molar-refractivity contribution in [3.05, 3.63) is 30.3 Å². The summed E-state index contributed by atoms with van der Waals surface area (Å²) in [5, 5.41) is 3.15. The van der Waals surface area contributed by atoms with Gasteiger partial charge in [0, 0.05) is 13.0 Å². The van der Waals surface area contributed by atoms with Crippen LogP contribution in [-0.2, 0) is 15.0 Å². The summed E-state index contributed by atoms with van der Waals surface area (Å²) in [6.45, 7) is 1.49. The Morgan fingerprint density at radius 1 is 1.25 bits per heavy atom. The fourth-order valence-electron chi connectivity index (χ4n) is 2.17. The molecule has 1 aromatic rings. The molecule has 1 aliphatic rings. The Kier molecular flexibility index (Phi) is 4.61. The van der Waals surface area contributed by atoms with Crippen molar-refractivity contribution < 1.29 is 13.2 Å². The van der Waals surface area contributed by atoms with Gasteiger partial charge in [-0.2, -0.15) is 8.42 Å². The van der Waals surface area contributed by atoms with E-state index in [4.69, 9.17) is 0 Å². The van der Waals surface area contributed by atoms with E-state index >= 15 is 0 Å². The van der Waals surface area contributed by atoms with E-state index in [1.165, 1.54) is 7.05 Å². The molecular formula is C13H19N3O3S. The number of para-hydroxylation sites is 1. The van der Waals surface area contributed by atoms with E-state index in [0.717, 1.165) is 17.4 Å². The third kappa shape index (κ3) is 3.49. The van der Waals surface area contributed by atoms with E-state index in [-0.39, 0.29) is 11.8 Å². The maximum atomic E-state index is 12.2. The summed E-state index contributed by atoms with van der Waals surface area (Å²) in [5.41, 5.74) is 0.442. The van der Waals surface area contributed by atoms with Crippen LogP contribution in [-0.4, -0.2) is 38.8 Å². The topological polar surface area (TPSA) is 78.5 Å². The van der Waals surface area contributed by atoms with Crippen LogP contribution in [0.15, 0.2) is 30.3 Å². The summed E-state index contributed by atoms with van der Waals surface area (Å²) >= 11 is 0. The molecule has 0 aromatic heterocycles. The number of nitrogens with one attached hydrogen (secondary N) is 2. The maximum Gasteiger partial charge on any atom is 0.325 e. The molecule has 1 aromatic carbocycles. The minimum Gasteiger partial charge on any atom is -0.317 e. The van der Waals surface area contributed by atoms with Crippen LogP contribution in [0, 0.1) is 5.92 Å². The lowest BCUT2D eigenvalue weighted by Crippen LogP contribution is -2.43. The SMILES string of the molecule is CN(C(=O)C1CCNCC1)S(=O)(=O)Nc1ccccc1. The van der Waals surface area contributed by atoms with Gasteiger partial charge in [-0.05, 0) is 38.1 Å². The Bertz CT molecular complexity index is 553. The lowest BCUT2D eigenvalue weighted by molar-refractivity contribution is -0.130. The monoisotopic (exact) mass is 297 g/mol. The summed E-state index contributed by atoms with van der Waals surface area (Å²) in [6, 6.07) is 8.53. The van der Waals surface area contributed by atoms with E-state index in [1.54, 1.807) is 30.3 Å². The number of hydrogen-bond donors (Lipinski definition) is 2. The van der Waals surface area contributed by atoms with Crippen LogP contribution in [0.25, 0.3) is 0 Å². The number of anilines is 1. The lowest BCUT2D eigenvalue weighted by atomic mass is 9.97. The number of rotatable bonds is 4. The zero-order chi connectivity index (χ0) is 14.6. The van der Waals surface area contributed by atoms with E-state index in [1.807, 2.05) is 0 Å². The third-order valence-corrected chi connectivity index (χ3v) is 4.77. The minimum atomic E-state index is -3.85. The van der Waals surface area contributed by atoms with Crippen molar-refractivity contribution in [1.82, 2.24) is 9.62 Å². The highest BCUT2D eigenvalue weighted by molar-refractivity contribution is 7.90. The zero-order valence-electron chi connectivity index (χ0n) is 11.4. The van der Waals surface area contributed by atoms with Crippen LogP contribution in [0.1, 0.15) is 12.8 Å². The first-order valence-corrected chi connectivity index (χ1v) is 8.01. The highest BCUT2D eigenvalue weighted by Gasteiger charge is 2.30. The lowest BCUT2D eigenvalue weighted by Gasteiger charge is -2.26. The molecule has 1 saturated heterocycles. The van der Waals surface area contributed by atoms with Gasteiger partial charge < -0.3 is 5.32 Å². The Hall–Kier alpha value is -1.60. The van der Waals surface area contributed by atoms with Crippen LogP contribution in [0.5, 0.6) is 0 Å². The molecule has 20 heavy (non-hydrogen) atoms. The summed E-state index contributed by atoms with van der Waals surface area (Å²) in [6.07, 6.45) is 1.34. The van der Waals surface area contributed by atoms with Gasteiger partial charge in [-0.25, -0.2) is 4.31 Å². The Labute approximate surface area is 119 Å². The molecule has 6 nitrogen and oxygen atoms in total.